The predicted octanol–water partition coefficient (Wildman–Crippen LogP) is 3.00. The van der Waals surface area contributed by atoms with Crippen molar-refractivity contribution in [1.82, 2.24) is 19.5 Å². The van der Waals surface area contributed by atoms with Crippen LogP contribution < -0.4 is 21.5 Å². The van der Waals surface area contributed by atoms with Crippen molar-refractivity contribution in [2.24, 2.45) is 11.7 Å². The Balaban J connectivity index is 1.55. The summed E-state index contributed by atoms with van der Waals surface area (Å²) in [5.41, 5.74) is 6.35. The Morgan fingerprint density at radius 1 is 1.23 bits per heavy atom. The number of nitrogens with one attached hydrogen (secondary N) is 2. The molecule has 0 radical (unpaired) electrons. The molecule has 4 N–H and O–H groups in total. The average Bonchev–Trinajstić information content (AvgIpc) is 3.02. The molecule has 2 heterocycles. The zero-order chi connectivity index (χ0) is 22.0. The van der Waals surface area contributed by atoms with Crippen molar-refractivity contribution in [3.8, 4) is 5.75 Å². The molecule has 1 aliphatic carbocycles. The Morgan fingerprint density at radius 2 is 1.97 bits per heavy atom. The Morgan fingerprint density at radius 3 is 2.71 bits per heavy atom. The molecule has 0 unspecified atom stereocenters. The van der Waals surface area contributed by atoms with Crippen LogP contribution in [0.5, 0.6) is 5.75 Å². The van der Waals surface area contributed by atoms with Crippen LogP contribution in [0.4, 0.5) is 19.1 Å². The summed E-state index contributed by atoms with van der Waals surface area (Å²) in [4.78, 5) is 23.7. The Hall–Kier alpha value is -3.08. The van der Waals surface area contributed by atoms with Gasteiger partial charge in [-0.3, -0.25) is 4.57 Å². The smallest absolute Gasteiger partial charge is 0.405 e. The van der Waals surface area contributed by atoms with Crippen LogP contribution in [0.3, 0.4) is 0 Å². The minimum atomic E-state index is -4.83. The zero-order valence-electron chi connectivity index (χ0n) is 16.7. The number of ether oxygens (including phenoxy) is 1. The standard InChI is InChI=1S/C20H23F3N6O2/c21-20(22,23)31-16-4-2-1-3-13(16)11-29-17-15(27-19(29)30)10-26-18(28-17)25-9-12-5-7-14(24)8-6-12/h1-4,10,12,14H,5-9,11,24H2,(H,27,30)(H,25,26,28). The molecule has 0 amide bonds. The summed E-state index contributed by atoms with van der Waals surface area (Å²) >= 11 is 0. The van der Waals surface area contributed by atoms with E-state index in [0.29, 0.717) is 29.6 Å². The van der Waals surface area contributed by atoms with Crippen molar-refractivity contribution in [3.05, 3.63) is 46.5 Å². The number of para-hydroxylation sites is 1. The molecule has 0 spiro atoms. The van der Waals surface area contributed by atoms with Crippen molar-refractivity contribution in [3.63, 3.8) is 0 Å². The molecule has 11 heteroatoms. The fraction of sp³-hybridized carbons (Fsp3) is 0.450. The monoisotopic (exact) mass is 436 g/mol. The number of aromatic nitrogens is 4. The van der Waals surface area contributed by atoms with Gasteiger partial charge in [-0.1, -0.05) is 18.2 Å². The van der Waals surface area contributed by atoms with Crippen LogP contribution in [0.2, 0.25) is 0 Å². The minimum absolute atomic E-state index is 0.137. The van der Waals surface area contributed by atoms with Crippen molar-refractivity contribution >= 4 is 17.1 Å². The number of hydrogen-bond acceptors (Lipinski definition) is 6. The van der Waals surface area contributed by atoms with Gasteiger partial charge in [0.2, 0.25) is 5.95 Å². The molecule has 3 aromatic rings. The highest BCUT2D eigenvalue weighted by Gasteiger charge is 2.32. The Kier molecular flexibility index (Phi) is 5.86. The van der Waals surface area contributed by atoms with E-state index in [2.05, 4.69) is 25.0 Å². The fourth-order valence-electron chi connectivity index (χ4n) is 3.83. The van der Waals surface area contributed by atoms with Crippen molar-refractivity contribution < 1.29 is 17.9 Å². The van der Waals surface area contributed by atoms with E-state index in [1.807, 2.05) is 0 Å². The molecule has 166 valence electrons. The van der Waals surface area contributed by atoms with E-state index in [0.717, 1.165) is 25.7 Å². The van der Waals surface area contributed by atoms with E-state index in [1.54, 1.807) is 6.07 Å². The van der Waals surface area contributed by atoms with Crippen molar-refractivity contribution in [2.75, 3.05) is 11.9 Å². The molecule has 0 saturated heterocycles. The van der Waals surface area contributed by atoms with Gasteiger partial charge >= 0.3 is 12.1 Å². The molecule has 31 heavy (non-hydrogen) atoms. The number of anilines is 1. The first-order valence-electron chi connectivity index (χ1n) is 10.1. The second kappa shape index (κ2) is 8.58. The minimum Gasteiger partial charge on any atom is -0.405 e. The van der Waals surface area contributed by atoms with Gasteiger partial charge in [-0.05, 0) is 37.7 Å². The second-order valence-corrected chi connectivity index (χ2v) is 7.76. The lowest BCUT2D eigenvalue weighted by Crippen LogP contribution is -2.29. The third-order valence-electron chi connectivity index (χ3n) is 5.48. The van der Waals surface area contributed by atoms with Gasteiger partial charge in [-0.15, -0.1) is 13.2 Å². The normalized spacial score (nSPS) is 19.5. The number of imidazole rings is 1. The maximum Gasteiger partial charge on any atom is 0.573 e. The second-order valence-electron chi connectivity index (χ2n) is 7.76. The summed E-state index contributed by atoms with van der Waals surface area (Å²) in [6, 6.07) is 5.96. The molecule has 8 nitrogen and oxygen atoms in total. The number of nitrogens with two attached hydrogens (primary N) is 1. The number of benzene rings is 1. The van der Waals surface area contributed by atoms with Gasteiger partial charge in [0.15, 0.2) is 5.65 Å². The highest BCUT2D eigenvalue weighted by Crippen LogP contribution is 2.27. The van der Waals surface area contributed by atoms with Gasteiger partial charge in [-0.25, -0.2) is 9.78 Å². The van der Waals surface area contributed by atoms with Crippen LogP contribution in [0.1, 0.15) is 31.2 Å². The van der Waals surface area contributed by atoms with Gasteiger partial charge < -0.3 is 20.8 Å². The summed E-state index contributed by atoms with van der Waals surface area (Å²) in [6.07, 6.45) is 0.690. The molecule has 0 bridgehead atoms. The van der Waals surface area contributed by atoms with Crippen molar-refractivity contribution in [2.45, 2.75) is 44.6 Å². The topological polar surface area (TPSA) is 111 Å². The summed E-state index contributed by atoms with van der Waals surface area (Å²) in [7, 11) is 0. The molecular formula is C20H23F3N6O2. The van der Waals surface area contributed by atoms with E-state index in [9.17, 15) is 18.0 Å². The van der Waals surface area contributed by atoms with Crippen LogP contribution in [-0.2, 0) is 6.54 Å². The van der Waals surface area contributed by atoms with Gasteiger partial charge in [0.1, 0.15) is 11.3 Å². The Labute approximate surface area is 175 Å². The van der Waals surface area contributed by atoms with Gasteiger partial charge in [0.05, 0.1) is 12.7 Å². The SMILES string of the molecule is NC1CCC(CNc2ncc3[nH]c(=O)n(Cc4ccccc4OC(F)(F)F)c3n2)CC1. The molecule has 4 rings (SSSR count). The number of rotatable bonds is 6. The first-order chi connectivity index (χ1) is 14.8. The van der Waals surface area contributed by atoms with Crippen LogP contribution in [0.15, 0.2) is 35.3 Å². The van der Waals surface area contributed by atoms with Gasteiger partial charge in [-0.2, -0.15) is 4.98 Å². The summed E-state index contributed by atoms with van der Waals surface area (Å²) < 4.78 is 43.5. The highest BCUT2D eigenvalue weighted by molar-refractivity contribution is 5.71. The van der Waals surface area contributed by atoms with Crippen molar-refractivity contribution in [1.29, 1.82) is 0 Å². The van der Waals surface area contributed by atoms with Crippen LogP contribution in [0, 0.1) is 5.92 Å². The molecule has 0 aliphatic heterocycles. The zero-order valence-corrected chi connectivity index (χ0v) is 16.7. The van der Waals surface area contributed by atoms with E-state index in [4.69, 9.17) is 5.73 Å². The largest absolute Gasteiger partial charge is 0.573 e. The first-order valence-corrected chi connectivity index (χ1v) is 10.1. The maximum atomic E-state index is 12.7. The molecule has 0 atom stereocenters. The third-order valence-corrected chi connectivity index (χ3v) is 5.48. The number of aromatic amines is 1. The van der Waals surface area contributed by atoms with E-state index >= 15 is 0 Å². The number of fused-ring (bicyclic) bond motifs is 1. The highest BCUT2D eigenvalue weighted by atomic mass is 19.4. The van der Waals surface area contributed by atoms with Crippen LogP contribution in [-0.4, -0.2) is 38.5 Å². The third kappa shape index (κ3) is 5.16. The lowest BCUT2D eigenvalue weighted by atomic mass is 9.86. The van der Waals surface area contributed by atoms with Gasteiger partial charge in [0.25, 0.3) is 0 Å². The molecule has 2 aromatic heterocycles. The van der Waals surface area contributed by atoms with E-state index in [-0.39, 0.29) is 23.9 Å². The van der Waals surface area contributed by atoms with E-state index < -0.39 is 12.1 Å². The lowest BCUT2D eigenvalue weighted by molar-refractivity contribution is -0.274. The average molecular weight is 436 g/mol. The van der Waals surface area contributed by atoms with Crippen LogP contribution in [0.25, 0.3) is 11.2 Å². The van der Waals surface area contributed by atoms with Crippen LogP contribution >= 0.6 is 0 Å². The predicted molar refractivity (Wildman–Crippen MR) is 109 cm³/mol. The molecular weight excluding hydrogens is 413 g/mol. The molecule has 1 saturated carbocycles. The number of H-pyrrole nitrogens is 1. The number of alkyl halides is 3. The number of nitrogens with zero attached hydrogens (tertiary/aromatic N) is 3. The molecule has 1 fully saturated rings. The summed E-state index contributed by atoms with van der Waals surface area (Å²) in [6.45, 7) is 0.553. The number of halogens is 3. The van der Waals surface area contributed by atoms with E-state index in [1.165, 1.54) is 29.0 Å². The maximum absolute atomic E-state index is 12.7. The quantitative estimate of drug-likeness (QED) is 0.548. The summed E-state index contributed by atoms with van der Waals surface area (Å²) in [5, 5.41) is 3.20. The lowest BCUT2D eigenvalue weighted by Gasteiger charge is -2.26. The molecule has 1 aliphatic rings. The first kappa shape index (κ1) is 21.2. The Bertz CT molecular complexity index is 1100. The summed E-state index contributed by atoms with van der Waals surface area (Å²) in [5.74, 6) is 0.466. The fourth-order valence-corrected chi connectivity index (χ4v) is 3.83. The van der Waals surface area contributed by atoms with Gasteiger partial charge in [0, 0.05) is 18.2 Å². The molecule has 1 aromatic carbocycles. The number of hydrogen-bond donors (Lipinski definition) is 3.